The number of hydrogen-bond donors (Lipinski definition) is 1. The summed E-state index contributed by atoms with van der Waals surface area (Å²) in [5.41, 5.74) is 4.48. The van der Waals surface area contributed by atoms with Crippen molar-refractivity contribution in [3.05, 3.63) is 89.2 Å². The van der Waals surface area contributed by atoms with Crippen molar-refractivity contribution in [1.29, 1.82) is 0 Å². The van der Waals surface area contributed by atoms with E-state index in [2.05, 4.69) is 10.3 Å². The standard InChI is InChI=1S/C22H17F2N3O/c1-13-3-6-15(7-4-13)20-21(27-12-14(2)5-10-19(27)26-20)22(28)25-16-8-9-17(23)18(24)11-16/h3-12H,1-2H3,(H,25,28). The van der Waals surface area contributed by atoms with Gasteiger partial charge in [0.15, 0.2) is 11.6 Å². The number of imidazole rings is 1. The Hall–Kier alpha value is -3.54. The zero-order valence-electron chi connectivity index (χ0n) is 15.3. The number of fused-ring (bicyclic) bond motifs is 1. The summed E-state index contributed by atoms with van der Waals surface area (Å²) in [7, 11) is 0. The van der Waals surface area contributed by atoms with Gasteiger partial charge in [0.25, 0.3) is 5.91 Å². The molecule has 140 valence electrons. The fourth-order valence-electron chi connectivity index (χ4n) is 3.04. The van der Waals surface area contributed by atoms with Crippen LogP contribution in [0, 0.1) is 25.5 Å². The Kier molecular flexibility index (Phi) is 4.39. The Morgan fingerprint density at radius 3 is 2.36 bits per heavy atom. The highest BCUT2D eigenvalue weighted by molar-refractivity contribution is 6.07. The maximum atomic E-state index is 13.5. The van der Waals surface area contributed by atoms with Gasteiger partial charge in [-0.2, -0.15) is 0 Å². The molecule has 1 amide bonds. The number of amides is 1. The molecule has 0 atom stereocenters. The smallest absolute Gasteiger partial charge is 0.274 e. The van der Waals surface area contributed by atoms with Crippen LogP contribution in [0.5, 0.6) is 0 Å². The van der Waals surface area contributed by atoms with Crippen molar-refractivity contribution in [1.82, 2.24) is 9.38 Å². The van der Waals surface area contributed by atoms with Crippen molar-refractivity contribution < 1.29 is 13.6 Å². The average Bonchev–Trinajstić information content (AvgIpc) is 3.04. The molecule has 6 heteroatoms. The van der Waals surface area contributed by atoms with Gasteiger partial charge in [-0.15, -0.1) is 0 Å². The number of carbonyl (C=O) groups is 1. The molecule has 0 fully saturated rings. The molecular formula is C22H17F2N3O. The van der Waals surface area contributed by atoms with E-state index < -0.39 is 17.5 Å². The van der Waals surface area contributed by atoms with Crippen LogP contribution >= 0.6 is 0 Å². The van der Waals surface area contributed by atoms with Gasteiger partial charge in [-0.1, -0.05) is 35.9 Å². The lowest BCUT2D eigenvalue weighted by Crippen LogP contribution is -2.16. The van der Waals surface area contributed by atoms with E-state index in [9.17, 15) is 13.6 Å². The maximum absolute atomic E-state index is 13.5. The lowest BCUT2D eigenvalue weighted by Gasteiger charge is -2.08. The number of aromatic nitrogens is 2. The first kappa shape index (κ1) is 17.9. The van der Waals surface area contributed by atoms with E-state index in [1.807, 2.05) is 56.4 Å². The second-order valence-corrected chi connectivity index (χ2v) is 6.69. The van der Waals surface area contributed by atoms with E-state index in [0.29, 0.717) is 17.0 Å². The topological polar surface area (TPSA) is 46.4 Å². The van der Waals surface area contributed by atoms with Crippen LogP contribution in [0.2, 0.25) is 0 Å². The number of hydrogen-bond acceptors (Lipinski definition) is 2. The van der Waals surface area contributed by atoms with E-state index in [1.165, 1.54) is 6.07 Å². The minimum Gasteiger partial charge on any atom is -0.321 e. The monoisotopic (exact) mass is 377 g/mol. The van der Waals surface area contributed by atoms with Crippen molar-refractivity contribution in [2.24, 2.45) is 0 Å². The van der Waals surface area contributed by atoms with Crippen molar-refractivity contribution in [2.75, 3.05) is 5.32 Å². The zero-order valence-corrected chi connectivity index (χ0v) is 15.3. The number of nitrogens with zero attached hydrogens (tertiary/aromatic N) is 2. The van der Waals surface area contributed by atoms with E-state index in [1.54, 1.807) is 4.40 Å². The van der Waals surface area contributed by atoms with Gasteiger partial charge in [-0.25, -0.2) is 13.8 Å². The molecular weight excluding hydrogens is 360 g/mol. The first-order valence-electron chi connectivity index (χ1n) is 8.74. The van der Waals surface area contributed by atoms with Crippen LogP contribution in [0.1, 0.15) is 21.6 Å². The van der Waals surface area contributed by atoms with Gasteiger partial charge in [0.1, 0.15) is 17.0 Å². The highest BCUT2D eigenvalue weighted by atomic mass is 19.2. The molecule has 0 saturated heterocycles. The molecule has 0 radical (unpaired) electrons. The number of aryl methyl sites for hydroxylation is 2. The zero-order chi connectivity index (χ0) is 19.8. The van der Waals surface area contributed by atoms with E-state index in [-0.39, 0.29) is 5.69 Å². The number of rotatable bonds is 3. The van der Waals surface area contributed by atoms with Crippen LogP contribution in [0.15, 0.2) is 60.8 Å². The molecule has 4 aromatic rings. The summed E-state index contributed by atoms with van der Waals surface area (Å²) in [6.45, 7) is 3.90. The van der Waals surface area contributed by atoms with E-state index >= 15 is 0 Å². The molecule has 1 N–H and O–H groups in total. The number of anilines is 1. The molecule has 0 bridgehead atoms. The van der Waals surface area contributed by atoms with Gasteiger partial charge >= 0.3 is 0 Å². The predicted molar refractivity (Wildman–Crippen MR) is 104 cm³/mol. The third kappa shape index (κ3) is 3.24. The summed E-state index contributed by atoms with van der Waals surface area (Å²) >= 11 is 0. The molecule has 0 aliphatic rings. The predicted octanol–water partition coefficient (Wildman–Crippen LogP) is 5.15. The number of pyridine rings is 1. The summed E-state index contributed by atoms with van der Waals surface area (Å²) < 4.78 is 28.4. The van der Waals surface area contributed by atoms with Crippen LogP contribution in [-0.4, -0.2) is 15.3 Å². The Morgan fingerprint density at radius 1 is 0.929 bits per heavy atom. The first-order chi connectivity index (χ1) is 13.4. The van der Waals surface area contributed by atoms with Gasteiger partial charge in [-0.3, -0.25) is 9.20 Å². The Morgan fingerprint density at radius 2 is 1.64 bits per heavy atom. The molecule has 0 spiro atoms. The lowest BCUT2D eigenvalue weighted by atomic mass is 10.1. The normalized spacial score (nSPS) is 11.0. The van der Waals surface area contributed by atoms with Gasteiger partial charge in [0, 0.05) is 23.5 Å². The largest absolute Gasteiger partial charge is 0.321 e. The summed E-state index contributed by atoms with van der Waals surface area (Å²) in [6.07, 6.45) is 1.82. The summed E-state index contributed by atoms with van der Waals surface area (Å²) in [5.74, 6) is -2.45. The molecule has 0 unspecified atom stereocenters. The van der Waals surface area contributed by atoms with Crippen molar-refractivity contribution in [3.63, 3.8) is 0 Å². The maximum Gasteiger partial charge on any atom is 0.274 e. The van der Waals surface area contributed by atoms with Crippen molar-refractivity contribution in [3.8, 4) is 11.3 Å². The van der Waals surface area contributed by atoms with Crippen molar-refractivity contribution >= 4 is 17.2 Å². The summed E-state index contributed by atoms with van der Waals surface area (Å²) in [6, 6.07) is 14.7. The molecule has 28 heavy (non-hydrogen) atoms. The Labute approximate surface area is 160 Å². The van der Waals surface area contributed by atoms with E-state index in [4.69, 9.17) is 0 Å². The number of halogens is 2. The average molecular weight is 377 g/mol. The highest BCUT2D eigenvalue weighted by Crippen LogP contribution is 2.26. The fourth-order valence-corrected chi connectivity index (χ4v) is 3.04. The molecule has 4 nitrogen and oxygen atoms in total. The van der Waals surface area contributed by atoms with Crippen LogP contribution in [0.3, 0.4) is 0 Å². The SMILES string of the molecule is Cc1ccc(-c2nc3ccc(C)cn3c2C(=O)Nc2ccc(F)c(F)c2)cc1. The molecule has 0 aliphatic carbocycles. The van der Waals surface area contributed by atoms with Crippen LogP contribution in [0.25, 0.3) is 16.9 Å². The third-order valence-electron chi connectivity index (χ3n) is 4.48. The molecule has 0 saturated carbocycles. The second kappa shape index (κ2) is 6.88. The van der Waals surface area contributed by atoms with Gasteiger partial charge in [0.2, 0.25) is 0 Å². The van der Waals surface area contributed by atoms with Crippen LogP contribution in [0.4, 0.5) is 14.5 Å². The second-order valence-electron chi connectivity index (χ2n) is 6.69. The molecule has 2 heterocycles. The minimum atomic E-state index is -1.02. The molecule has 0 aliphatic heterocycles. The van der Waals surface area contributed by atoms with Crippen LogP contribution < -0.4 is 5.32 Å². The van der Waals surface area contributed by atoms with Gasteiger partial charge in [-0.05, 0) is 37.6 Å². The van der Waals surface area contributed by atoms with Crippen molar-refractivity contribution in [2.45, 2.75) is 13.8 Å². The first-order valence-corrected chi connectivity index (χ1v) is 8.74. The number of nitrogens with one attached hydrogen (secondary N) is 1. The molecule has 2 aromatic heterocycles. The Balaban J connectivity index is 1.84. The number of benzene rings is 2. The quantitative estimate of drug-likeness (QED) is 0.537. The molecule has 2 aromatic carbocycles. The summed E-state index contributed by atoms with van der Waals surface area (Å²) in [5, 5.41) is 2.64. The number of carbonyl (C=O) groups excluding carboxylic acids is 1. The molecule has 4 rings (SSSR count). The van der Waals surface area contributed by atoms with Crippen LogP contribution in [-0.2, 0) is 0 Å². The fraction of sp³-hybridized carbons (Fsp3) is 0.0909. The summed E-state index contributed by atoms with van der Waals surface area (Å²) in [4.78, 5) is 17.7. The Bertz CT molecular complexity index is 1200. The van der Waals surface area contributed by atoms with Gasteiger partial charge in [0.05, 0.1) is 0 Å². The third-order valence-corrected chi connectivity index (χ3v) is 4.48. The van der Waals surface area contributed by atoms with E-state index in [0.717, 1.165) is 28.8 Å². The minimum absolute atomic E-state index is 0.168. The lowest BCUT2D eigenvalue weighted by molar-refractivity contribution is 0.102. The highest BCUT2D eigenvalue weighted by Gasteiger charge is 2.21. The van der Waals surface area contributed by atoms with Gasteiger partial charge < -0.3 is 5.32 Å².